The zero-order chi connectivity index (χ0) is 20.3. The largest absolute Gasteiger partial charge is 0.481 e. The average molecular weight is 393 g/mol. The van der Waals surface area contributed by atoms with Gasteiger partial charge in [0, 0.05) is 6.42 Å². The molecule has 4 aliphatic rings. The fourth-order valence-electron chi connectivity index (χ4n) is 8.81. The van der Waals surface area contributed by atoms with Gasteiger partial charge in [-0.05, 0) is 104 Å². The van der Waals surface area contributed by atoms with Crippen LogP contribution in [0.3, 0.4) is 0 Å². The molecule has 0 bridgehead atoms. The first kappa shape index (κ1) is 20.7. The van der Waals surface area contributed by atoms with Gasteiger partial charge in [-0.1, -0.05) is 20.8 Å². The molecule has 3 N–H and O–H groups in total. The summed E-state index contributed by atoms with van der Waals surface area (Å²) >= 11 is 0. The van der Waals surface area contributed by atoms with E-state index in [4.69, 9.17) is 5.11 Å². The summed E-state index contributed by atoms with van der Waals surface area (Å²) in [4.78, 5) is 11.1. The highest BCUT2D eigenvalue weighted by Crippen LogP contribution is 2.68. The second-order valence-electron chi connectivity index (χ2n) is 11.4. The lowest BCUT2D eigenvalue weighted by molar-refractivity contribution is -0.172. The van der Waals surface area contributed by atoms with Crippen LogP contribution in [0.25, 0.3) is 0 Å². The molecule has 0 radical (unpaired) electrons. The number of carbonyl (C=O) groups is 1. The van der Waals surface area contributed by atoms with Crippen molar-refractivity contribution in [1.82, 2.24) is 0 Å². The SMILES string of the molecule is CC(CCC(=O)O)C1CCC2C3CC(O)[C@@H]4CC(O)CC[C@]4(C)C3CC[C@]12C. The molecule has 0 aromatic carbocycles. The molecule has 0 saturated heterocycles. The number of aliphatic carboxylic acids is 1. The van der Waals surface area contributed by atoms with Gasteiger partial charge < -0.3 is 15.3 Å². The summed E-state index contributed by atoms with van der Waals surface area (Å²) in [5.41, 5.74) is 0.478. The highest BCUT2D eigenvalue weighted by atomic mass is 16.4. The van der Waals surface area contributed by atoms with E-state index >= 15 is 0 Å². The number of rotatable bonds is 4. The van der Waals surface area contributed by atoms with E-state index < -0.39 is 5.97 Å². The van der Waals surface area contributed by atoms with Crippen LogP contribution in [-0.4, -0.2) is 33.5 Å². The summed E-state index contributed by atoms with van der Waals surface area (Å²) in [6.07, 6.45) is 9.16. The van der Waals surface area contributed by atoms with Crippen molar-refractivity contribution in [3.8, 4) is 0 Å². The zero-order valence-electron chi connectivity index (χ0n) is 17.9. The predicted molar refractivity (Wildman–Crippen MR) is 109 cm³/mol. The Morgan fingerprint density at radius 2 is 1.64 bits per heavy atom. The molecule has 4 fully saturated rings. The Labute approximate surface area is 170 Å². The molecule has 0 spiro atoms. The quantitative estimate of drug-likeness (QED) is 0.659. The minimum Gasteiger partial charge on any atom is -0.481 e. The Balaban J connectivity index is 1.55. The van der Waals surface area contributed by atoms with Crippen LogP contribution in [0.1, 0.15) is 85.0 Å². The van der Waals surface area contributed by atoms with Crippen molar-refractivity contribution in [3.05, 3.63) is 0 Å². The van der Waals surface area contributed by atoms with E-state index in [0.29, 0.717) is 35.0 Å². The molecule has 4 saturated carbocycles. The van der Waals surface area contributed by atoms with Crippen molar-refractivity contribution < 1.29 is 20.1 Å². The first-order valence-corrected chi connectivity index (χ1v) is 11.7. The number of hydrogen-bond acceptors (Lipinski definition) is 3. The number of carboxylic acid groups (broad SMARTS) is 1. The van der Waals surface area contributed by atoms with E-state index in [1.165, 1.54) is 25.7 Å². The molecule has 4 heteroatoms. The summed E-state index contributed by atoms with van der Waals surface area (Å²) in [6.45, 7) is 7.16. The number of hydrogen-bond donors (Lipinski definition) is 3. The highest BCUT2D eigenvalue weighted by molar-refractivity contribution is 5.66. The highest BCUT2D eigenvalue weighted by Gasteiger charge is 2.62. The molecular formula is C24H40O4. The number of carboxylic acids is 1. The van der Waals surface area contributed by atoms with Gasteiger partial charge in [0.15, 0.2) is 0 Å². The summed E-state index contributed by atoms with van der Waals surface area (Å²) in [7, 11) is 0. The minimum absolute atomic E-state index is 0.176. The zero-order valence-corrected chi connectivity index (χ0v) is 17.9. The van der Waals surface area contributed by atoms with E-state index in [2.05, 4.69) is 20.8 Å². The normalized spacial score (nSPS) is 51.7. The first-order chi connectivity index (χ1) is 13.2. The smallest absolute Gasteiger partial charge is 0.303 e. The molecule has 7 unspecified atom stereocenters. The molecule has 160 valence electrons. The fraction of sp³-hybridized carbons (Fsp3) is 0.958. The van der Waals surface area contributed by atoms with Crippen LogP contribution in [0, 0.1) is 46.3 Å². The minimum atomic E-state index is -0.677. The molecule has 4 rings (SSSR count). The Morgan fingerprint density at radius 1 is 0.964 bits per heavy atom. The standard InChI is InChI=1S/C24H40O4/c1-14(4-7-22(27)28)17-5-6-18-16-13-21(26)20-12-15(25)8-10-24(20,3)19(16)9-11-23(17,18)2/h14-21,25-26H,4-13H2,1-3H3,(H,27,28)/t14?,15?,16?,17?,18?,19?,20-,21?,23+,24+/m0/s1. The summed E-state index contributed by atoms with van der Waals surface area (Å²) in [5, 5.41) is 30.4. The van der Waals surface area contributed by atoms with Crippen molar-refractivity contribution in [2.45, 2.75) is 97.2 Å². The van der Waals surface area contributed by atoms with Crippen LogP contribution in [0.15, 0.2) is 0 Å². The third-order valence-electron chi connectivity index (χ3n) is 10.2. The Bertz CT molecular complexity index is 605. The second kappa shape index (κ2) is 7.27. The lowest BCUT2D eigenvalue weighted by Crippen LogP contribution is -2.58. The van der Waals surface area contributed by atoms with Crippen LogP contribution >= 0.6 is 0 Å². The van der Waals surface area contributed by atoms with Crippen molar-refractivity contribution in [2.24, 2.45) is 46.3 Å². The molecule has 4 nitrogen and oxygen atoms in total. The maximum absolute atomic E-state index is 11.1. The first-order valence-electron chi connectivity index (χ1n) is 11.7. The van der Waals surface area contributed by atoms with Gasteiger partial charge in [0.25, 0.3) is 0 Å². The van der Waals surface area contributed by atoms with Crippen molar-refractivity contribution >= 4 is 5.97 Å². The van der Waals surface area contributed by atoms with Crippen LogP contribution in [0.5, 0.6) is 0 Å². The van der Waals surface area contributed by atoms with Gasteiger partial charge in [0.05, 0.1) is 12.2 Å². The van der Waals surface area contributed by atoms with Crippen LogP contribution in [-0.2, 0) is 4.79 Å². The summed E-state index contributed by atoms with van der Waals surface area (Å²) < 4.78 is 0. The molecule has 0 amide bonds. The van der Waals surface area contributed by atoms with Gasteiger partial charge in [-0.15, -0.1) is 0 Å². The predicted octanol–water partition coefficient (Wildman–Crippen LogP) is 4.48. The molecule has 0 heterocycles. The Hall–Kier alpha value is -0.610. The fourth-order valence-corrected chi connectivity index (χ4v) is 8.81. The molecule has 4 aliphatic carbocycles. The monoisotopic (exact) mass is 392 g/mol. The van der Waals surface area contributed by atoms with E-state index in [9.17, 15) is 15.0 Å². The molecular weight excluding hydrogens is 352 g/mol. The van der Waals surface area contributed by atoms with Gasteiger partial charge in [0.1, 0.15) is 0 Å². The molecule has 0 aromatic rings. The average Bonchev–Trinajstić information content (AvgIpc) is 2.99. The lowest BCUT2D eigenvalue weighted by atomic mass is 9.44. The Kier molecular flexibility index (Phi) is 5.36. The third kappa shape index (κ3) is 3.14. The van der Waals surface area contributed by atoms with Gasteiger partial charge in [-0.25, -0.2) is 0 Å². The van der Waals surface area contributed by atoms with E-state index in [0.717, 1.165) is 32.1 Å². The molecule has 0 aromatic heterocycles. The number of aliphatic hydroxyl groups is 2. The second-order valence-corrected chi connectivity index (χ2v) is 11.4. The molecule has 10 atom stereocenters. The summed E-state index contributed by atoms with van der Waals surface area (Å²) in [5.74, 6) is 2.61. The van der Waals surface area contributed by atoms with Crippen LogP contribution in [0.4, 0.5) is 0 Å². The topological polar surface area (TPSA) is 77.8 Å². The molecule has 0 aliphatic heterocycles. The third-order valence-corrected chi connectivity index (χ3v) is 10.2. The van der Waals surface area contributed by atoms with Gasteiger partial charge >= 0.3 is 5.97 Å². The number of fused-ring (bicyclic) bond motifs is 5. The van der Waals surface area contributed by atoms with E-state index in [1.54, 1.807) is 0 Å². The maximum Gasteiger partial charge on any atom is 0.303 e. The molecule has 28 heavy (non-hydrogen) atoms. The summed E-state index contributed by atoms with van der Waals surface area (Å²) in [6, 6.07) is 0. The van der Waals surface area contributed by atoms with E-state index in [-0.39, 0.29) is 30.0 Å². The van der Waals surface area contributed by atoms with Crippen LogP contribution in [0.2, 0.25) is 0 Å². The maximum atomic E-state index is 11.1. The van der Waals surface area contributed by atoms with Crippen molar-refractivity contribution in [3.63, 3.8) is 0 Å². The van der Waals surface area contributed by atoms with Crippen molar-refractivity contribution in [1.29, 1.82) is 0 Å². The van der Waals surface area contributed by atoms with Crippen molar-refractivity contribution in [2.75, 3.05) is 0 Å². The van der Waals surface area contributed by atoms with Gasteiger partial charge in [-0.2, -0.15) is 0 Å². The Morgan fingerprint density at radius 3 is 2.36 bits per heavy atom. The lowest BCUT2D eigenvalue weighted by Gasteiger charge is -2.62. The van der Waals surface area contributed by atoms with Crippen LogP contribution < -0.4 is 0 Å². The van der Waals surface area contributed by atoms with Gasteiger partial charge in [0.2, 0.25) is 0 Å². The number of aliphatic hydroxyl groups excluding tert-OH is 2. The van der Waals surface area contributed by atoms with Gasteiger partial charge in [-0.3, -0.25) is 4.79 Å². The van der Waals surface area contributed by atoms with E-state index in [1.807, 2.05) is 0 Å².